The lowest BCUT2D eigenvalue weighted by atomic mass is 10.2. The minimum Gasteiger partial charge on any atom is -0.383 e. The van der Waals surface area contributed by atoms with Crippen LogP contribution < -0.4 is 15.5 Å². The van der Waals surface area contributed by atoms with E-state index in [0.717, 1.165) is 24.5 Å². The second-order valence-electron chi connectivity index (χ2n) is 6.16. The molecule has 1 heterocycles. The molecule has 0 spiro atoms. The molecule has 0 aliphatic carbocycles. The van der Waals surface area contributed by atoms with Gasteiger partial charge in [-0.25, -0.2) is 4.79 Å². The summed E-state index contributed by atoms with van der Waals surface area (Å²) < 4.78 is 10.8. The number of nitrogens with one attached hydrogen (secondary N) is 2. The lowest BCUT2D eigenvalue weighted by Gasteiger charge is -2.36. The summed E-state index contributed by atoms with van der Waals surface area (Å²) in [5, 5.41) is 5.65. The van der Waals surface area contributed by atoms with Crippen molar-refractivity contribution in [1.82, 2.24) is 5.32 Å². The Kier molecular flexibility index (Phi) is 6.24. The molecular weight excluding hydrogens is 294 g/mol. The van der Waals surface area contributed by atoms with Gasteiger partial charge in [0.05, 0.1) is 24.9 Å². The van der Waals surface area contributed by atoms with Crippen molar-refractivity contribution in [3.05, 3.63) is 24.3 Å². The van der Waals surface area contributed by atoms with Gasteiger partial charge in [0, 0.05) is 31.6 Å². The number of rotatable bonds is 5. The third-order valence-electron chi connectivity index (χ3n) is 3.70. The van der Waals surface area contributed by atoms with Crippen molar-refractivity contribution in [3.8, 4) is 0 Å². The van der Waals surface area contributed by atoms with Crippen LogP contribution >= 0.6 is 0 Å². The fraction of sp³-hybridized carbons (Fsp3) is 0.588. The van der Waals surface area contributed by atoms with Crippen molar-refractivity contribution in [3.63, 3.8) is 0 Å². The van der Waals surface area contributed by atoms with Crippen molar-refractivity contribution >= 4 is 17.4 Å². The van der Waals surface area contributed by atoms with Crippen LogP contribution in [0.25, 0.3) is 0 Å². The topological polar surface area (TPSA) is 62.8 Å². The Balaban J connectivity index is 1.90. The maximum atomic E-state index is 11.9. The van der Waals surface area contributed by atoms with Gasteiger partial charge in [0.25, 0.3) is 0 Å². The first kappa shape index (κ1) is 17.6. The zero-order valence-electron chi connectivity index (χ0n) is 14.3. The number of carbonyl (C=O) groups is 1. The van der Waals surface area contributed by atoms with Gasteiger partial charge < -0.3 is 25.0 Å². The number of carbonyl (C=O) groups excluding carboxylic acids is 1. The van der Waals surface area contributed by atoms with Crippen molar-refractivity contribution < 1.29 is 14.3 Å². The Morgan fingerprint density at radius 1 is 1.30 bits per heavy atom. The highest BCUT2D eigenvalue weighted by atomic mass is 16.5. The van der Waals surface area contributed by atoms with Crippen molar-refractivity contribution in [1.29, 1.82) is 0 Å². The summed E-state index contributed by atoms with van der Waals surface area (Å²) in [7, 11) is 1.61. The highest BCUT2D eigenvalue weighted by Gasteiger charge is 2.22. The summed E-state index contributed by atoms with van der Waals surface area (Å²) >= 11 is 0. The maximum Gasteiger partial charge on any atom is 0.319 e. The van der Waals surface area contributed by atoms with Gasteiger partial charge in [0.1, 0.15) is 0 Å². The molecule has 2 amide bonds. The summed E-state index contributed by atoms with van der Waals surface area (Å²) in [6, 6.07) is 7.63. The van der Waals surface area contributed by atoms with E-state index in [1.807, 2.05) is 31.2 Å². The zero-order valence-corrected chi connectivity index (χ0v) is 14.3. The highest BCUT2D eigenvalue weighted by Crippen LogP contribution is 2.22. The molecule has 1 aromatic rings. The summed E-state index contributed by atoms with van der Waals surface area (Å²) in [4.78, 5) is 14.2. The van der Waals surface area contributed by atoms with Gasteiger partial charge in [-0.15, -0.1) is 0 Å². The van der Waals surface area contributed by atoms with E-state index >= 15 is 0 Å². The molecule has 128 valence electrons. The third kappa shape index (κ3) is 5.41. The zero-order chi connectivity index (χ0) is 16.8. The summed E-state index contributed by atoms with van der Waals surface area (Å²) in [5.74, 6) is 0. The molecule has 1 fully saturated rings. The Labute approximate surface area is 138 Å². The Hall–Kier alpha value is -1.79. The number of hydrogen-bond acceptors (Lipinski definition) is 4. The number of anilines is 2. The number of ether oxygens (including phenoxy) is 2. The first-order valence-electron chi connectivity index (χ1n) is 8.05. The van der Waals surface area contributed by atoms with E-state index in [1.165, 1.54) is 0 Å². The molecule has 1 aromatic carbocycles. The van der Waals surface area contributed by atoms with Crippen LogP contribution in [0.2, 0.25) is 0 Å². The monoisotopic (exact) mass is 321 g/mol. The molecule has 6 heteroatoms. The summed E-state index contributed by atoms with van der Waals surface area (Å²) in [5.41, 5.74) is 1.91. The molecule has 3 atom stereocenters. The largest absolute Gasteiger partial charge is 0.383 e. The number of morpholine rings is 1. The minimum absolute atomic E-state index is 0.0319. The predicted octanol–water partition coefficient (Wildman–Crippen LogP) is 2.46. The standard InChI is InChI=1S/C17H27N3O3/c1-12(11-22-4)18-17(21)19-15-5-7-16(8-6-15)20-9-13(2)23-14(3)10-20/h5-8,12-14H,9-11H2,1-4H3,(H2,18,19,21)/t12-,13-,14+/m1/s1. The summed E-state index contributed by atoms with van der Waals surface area (Å²) in [6.07, 6.45) is 0.453. The second kappa shape index (κ2) is 8.17. The second-order valence-corrected chi connectivity index (χ2v) is 6.16. The SMILES string of the molecule is COC[C@@H](C)NC(=O)Nc1ccc(N2C[C@@H](C)O[C@@H](C)C2)cc1. The molecule has 1 aliphatic rings. The average molecular weight is 321 g/mol. The molecule has 23 heavy (non-hydrogen) atoms. The average Bonchev–Trinajstić information content (AvgIpc) is 2.47. The smallest absolute Gasteiger partial charge is 0.319 e. The number of methoxy groups -OCH3 is 1. The fourth-order valence-electron chi connectivity index (χ4n) is 2.83. The molecule has 0 radical (unpaired) electrons. The van der Waals surface area contributed by atoms with Crippen molar-refractivity contribution in [2.24, 2.45) is 0 Å². The van der Waals surface area contributed by atoms with E-state index in [-0.39, 0.29) is 24.3 Å². The Morgan fingerprint density at radius 3 is 2.48 bits per heavy atom. The lowest BCUT2D eigenvalue weighted by molar-refractivity contribution is -0.00521. The van der Waals surface area contributed by atoms with Gasteiger partial charge in [-0.3, -0.25) is 0 Å². The van der Waals surface area contributed by atoms with E-state index in [1.54, 1.807) is 7.11 Å². The number of nitrogens with zero attached hydrogens (tertiary/aromatic N) is 1. The molecule has 0 aromatic heterocycles. The molecular formula is C17H27N3O3. The van der Waals surface area contributed by atoms with Crippen LogP contribution in [0, 0.1) is 0 Å². The summed E-state index contributed by atoms with van der Waals surface area (Å²) in [6.45, 7) is 8.32. The van der Waals surface area contributed by atoms with Gasteiger partial charge in [-0.05, 0) is 45.0 Å². The molecule has 0 bridgehead atoms. The third-order valence-corrected chi connectivity index (χ3v) is 3.70. The molecule has 2 N–H and O–H groups in total. The van der Waals surface area contributed by atoms with E-state index in [0.29, 0.717) is 6.61 Å². The fourth-order valence-corrected chi connectivity index (χ4v) is 2.83. The van der Waals surface area contributed by atoms with Crippen LogP contribution in [-0.4, -0.2) is 51.1 Å². The highest BCUT2D eigenvalue weighted by molar-refractivity contribution is 5.89. The molecule has 6 nitrogen and oxygen atoms in total. The Morgan fingerprint density at radius 2 is 1.91 bits per heavy atom. The van der Waals surface area contributed by atoms with Crippen LogP contribution in [0.4, 0.5) is 16.2 Å². The van der Waals surface area contributed by atoms with E-state index in [2.05, 4.69) is 29.4 Å². The van der Waals surface area contributed by atoms with Gasteiger partial charge in [-0.2, -0.15) is 0 Å². The quantitative estimate of drug-likeness (QED) is 0.874. The van der Waals surface area contributed by atoms with Crippen LogP contribution in [0.1, 0.15) is 20.8 Å². The number of amides is 2. The maximum absolute atomic E-state index is 11.9. The van der Waals surface area contributed by atoms with Gasteiger partial charge >= 0.3 is 6.03 Å². The first-order valence-corrected chi connectivity index (χ1v) is 8.05. The van der Waals surface area contributed by atoms with Crippen LogP contribution in [0.15, 0.2) is 24.3 Å². The number of hydrogen-bond donors (Lipinski definition) is 2. The van der Waals surface area contributed by atoms with Crippen molar-refractivity contribution in [2.75, 3.05) is 37.0 Å². The van der Waals surface area contributed by atoms with Crippen LogP contribution in [0.3, 0.4) is 0 Å². The molecule has 0 unspecified atom stereocenters. The van der Waals surface area contributed by atoms with Crippen LogP contribution in [-0.2, 0) is 9.47 Å². The van der Waals surface area contributed by atoms with Crippen LogP contribution in [0.5, 0.6) is 0 Å². The minimum atomic E-state index is -0.226. The van der Waals surface area contributed by atoms with Gasteiger partial charge in [0.15, 0.2) is 0 Å². The number of urea groups is 1. The van der Waals surface area contributed by atoms with E-state index in [4.69, 9.17) is 9.47 Å². The normalized spacial score (nSPS) is 22.5. The number of benzene rings is 1. The molecule has 2 rings (SSSR count). The molecule has 1 saturated heterocycles. The van der Waals surface area contributed by atoms with Crippen molar-refractivity contribution in [2.45, 2.75) is 39.0 Å². The van der Waals surface area contributed by atoms with E-state index < -0.39 is 0 Å². The van der Waals surface area contributed by atoms with Gasteiger partial charge in [-0.1, -0.05) is 0 Å². The molecule has 1 aliphatic heterocycles. The lowest BCUT2D eigenvalue weighted by Crippen LogP contribution is -2.45. The Bertz CT molecular complexity index is 496. The van der Waals surface area contributed by atoms with Gasteiger partial charge in [0.2, 0.25) is 0 Å². The van der Waals surface area contributed by atoms with E-state index in [9.17, 15) is 4.79 Å². The predicted molar refractivity (Wildman–Crippen MR) is 92.2 cm³/mol. The molecule has 0 saturated carbocycles. The first-order chi connectivity index (χ1) is 11.0.